The first-order valence-corrected chi connectivity index (χ1v) is 8.51. The number of carbonyl (C=O) groups is 1. The summed E-state index contributed by atoms with van der Waals surface area (Å²) in [5, 5.41) is 6.34. The molecule has 130 valence electrons. The molecule has 0 saturated carbocycles. The van der Waals surface area contributed by atoms with Crippen molar-refractivity contribution < 1.29 is 14.3 Å². The van der Waals surface area contributed by atoms with E-state index in [2.05, 4.69) is 10.6 Å². The first kappa shape index (κ1) is 19.7. The quantitative estimate of drug-likeness (QED) is 0.632. The van der Waals surface area contributed by atoms with E-state index in [1.807, 2.05) is 0 Å². The summed E-state index contributed by atoms with van der Waals surface area (Å²) >= 11 is 0. The Labute approximate surface area is 140 Å². The van der Waals surface area contributed by atoms with Gasteiger partial charge in [0.05, 0.1) is 12.7 Å². The molecule has 6 heteroatoms. The van der Waals surface area contributed by atoms with Gasteiger partial charge in [-0.3, -0.25) is 4.79 Å². The summed E-state index contributed by atoms with van der Waals surface area (Å²) in [6.07, 6.45) is 7.57. The van der Waals surface area contributed by atoms with Gasteiger partial charge in [-0.25, -0.2) is 0 Å². The molecule has 1 atom stereocenters. The third-order valence-corrected chi connectivity index (χ3v) is 4.35. The smallest absolute Gasteiger partial charge is 0.220 e. The van der Waals surface area contributed by atoms with Crippen LogP contribution in [0.5, 0.6) is 0 Å². The van der Waals surface area contributed by atoms with E-state index < -0.39 is 0 Å². The molecule has 1 unspecified atom stereocenters. The molecule has 2 aliphatic rings. The molecule has 5 nitrogen and oxygen atoms in total. The van der Waals surface area contributed by atoms with Gasteiger partial charge in [0, 0.05) is 26.2 Å². The number of hydrogen-bond donors (Lipinski definition) is 2. The lowest BCUT2D eigenvalue weighted by Gasteiger charge is -2.22. The Morgan fingerprint density at radius 1 is 1.27 bits per heavy atom. The van der Waals surface area contributed by atoms with Crippen molar-refractivity contribution in [2.45, 2.75) is 51.0 Å². The molecule has 0 aliphatic carbocycles. The molecule has 0 spiro atoms. The van der Waals surface area contributed by atoms with Crippen molar-refractivity contribution in [2.75, 3.05) is 39.5 Å². The Kier molecular flexibility index (Phi) is 10.8. The fourth-order valence-electron chi connectivity index (χ4n) is 2.99. The molecule has 0 aromatic carbocycles. The van der Waals surface area contributed by atoms with Crippen LogP contribution in [0.4, 0.5) is 0 Å². The van der Waals surface area contributed by atoms with E-state index >= 15 is 0 Å². The Balaban J connectivity index is 0.00000242. The van der Waals surface area contributed by atoms with Gasteiger partial charge in [0.1, 0.15) is 0 Å². The average Bonchev–Trinajstić information content (AvgIpc) is 3.03. The second kappa shape index (κ2) is 12.1. The van der Waals surface area contributed by atoms with Gasteiger partial charge in [-0.1, -0.05) is 0 Å². The molecule has 2 N–H and O–H groups in total. The Bertz CT molecular complexity index is 293. The highest BCUT2D eigenvalue weighted by Crippen LogP contribution is 2.17. The van der Waals surface area contributed by atoms with Crippen LogP contribution in [0.1, 0.15) is 44.9 Å². The Hall–Kier alpha value is -0.360. The zero-order valence-corrected chi connectivity index (χ0v) is 14.3. The van der Waals surface area contributed by atoms with Crippen molar-refractivity contribution >= 4 is 18.3 Å². The van der Waals surface area contributed by atoms with E-state index in [4.69, 9.17) is 9.47 Å². The number of rotatable bonds is 9. The van der Waals surface area contributed by atoms with E-state index in [-0.39, 0.29) is 18.3 Å². The SMILES string of the molecule is Cl.O=C(CCC1CCNCC1)NCCCOCC1CCCO1. The fourth-order valence-corrected chi connectivity index (χ4v) is 2.99. The lowest BCUT2D eigenvalue weighted by Crippen LogP contribution is -2.30. The normalized spacial score (nSPS) is 22.3. The van der Waals surface area contributed by atoms with Crippen molar-refractivity contribution in [1.82, 2.24) is 10.6 Å². The van der Waals surface area contributed by atoms with E-state index in [1.54, 1.807) is 0 Å². The minimum Gasteiger partial charge on any atom is -0.379 e. The monoisotopic (exact) mass is 334 g/mol. The number of piperidine rings is 1. The molecule has 1 amide bonds. The van der Waals surface area contributed by atoms with Crippen LogP contribution >= 0.6 is 12.4 Å². The van der Waals surface area contributed by atoms with Gasteiger partial charge in [0.15, 0.2) is 0 Å². The summed E-state index contributed by atoms with van der Waals surface area (Å²) < 4.78 is 11.1. The molecular formula is C16H31ClN2O3. The van der Waals surface area contributed by atoms with Crippen molar-refractivity contribution in [3.63, 3.8) is 0 Å². The molecule has 2 rings (SSSR count). The maximum atomic E-state index is 11.7. The zero-order valence-electron chi connectivity index (χ0n) is 13.5. The van der Waals surface area contributed by atoms with Gasteiger partial charge in [0.25, 0.3) is 0 Å². The van der Waals surface area contributed by atoms with Gasteiger partial charge in [-0.2, -0.15) is 0 Å². The molecule has 0 bridgehead atoms. The van der Waals surface area contributed by atoms with Crippen LogP contribution in [-0.2, 0) is 14.3 Å². The van der Waals surface area contributed by atoms with E-state index in [1.165, 1.54) is 12.8 Å². The van der Waals surface area contributed by atoms with Gasteiger partial charge in [-0.05, 0) is 57.5 Å². The second-order valence-electron chi connectivity index (χ2n) is 6.15. The minimum atomic E-state index is 0. The summed E-state index contributed by atoms with van der Waals surface area (Å²) in [6, 6.07) is 0. The maximum Gasteiger partial charge on any atom is 0.220 e. The van der Waals surface area contributed by atoms with Crippen LogP contribution in [0.2, 0.25) is 0 Å². The lowest BCUT2D eigenvalue weighted by molar-refractivity contribution is -0.121. The van der Waals surface area contributed by atoms with Crippen LogP contribution in [0.25, 0.3) is 0 Å². The summed E-state index contributed by atoms with van der Waals surface area (Å²) in [6.45, 7) is 5.21. The maximum absolute atomic E-state index is 11.7. The first-order chi connectivity index (χ1) is 10.3. The molecule has 2 saturated heterocycles. The van der Waals surface area contributed by atoms with Gasteiger partial charge < -0.3 is 20.1 Å². The number of nitrogens with one attached hydrogen (secondary N) is 2. The predicted octanol–water partition coefficient (Wildman–Crippen LogP) is 1.89. The average molecular weight is 335 g/mol. The topological polar surface area (TPSA) is 59.6 Å². The van der Waals surface area contributed by atoms with Gasteiger partial charge in [0.2, 0.25) is 5.91 Å². The molecule has 22 heavy (non-hydrogen) atoms. The summed E-state index contributed by atoms with van der Waals surface area (Å²) in [7, 11) is 0. The zero-order chi connectivity index (χ0) is 14.8. The van der Waals surface area contributed by atoms with Crippen molar-refractivity contribution in [2.24, 2.45) is 5.92 Å². The molecule has 2 aliphatic heterocycles. The van der Waals surface area contributed by atoms with Crippen LogP contribution in [-0.4, -0.2) is 51.5 Å². The molecule has 0 aromatic rings. The predicted molar refractivity (Wildman–Crippen MR) is 89.5 cm³/mol. The van der Waals surface area contributed by atoms with Crippen LogP contribution in [0, 0.1) is 5.92 Å². The highest BCUT2D eigenvalue weighted by Gasteiger charge is 2.15. The highest BCUT2D eigenvalue weighted by atomic mass is 35.5. The van der Waals surface area contributed by atoms with Crippen molar-refractivity contribution in [3.05, 3.63) is 0 Å². The summed E-state index contributed by atoms with van der Waals surface area (Å²) in [5.74, 6) is 0.916. The van der Waals surface area contributed by atoms with Gasteiger partial charge in [-0.15, -0.1) is 12.4 Å². The Morgan fingerprint density at radius 2 is 2.09 bits per heavy atom. The minimum absolute atomic E-state index is 0. The molecule has 0 radical (unpaired) electrons. The molecular weight excluding hydrogens is 304 g/mol. The van der Waals surface area contributed by atoms with Crippen LogP contribution < -0.4 is 10.6 Å². The third kappa shape index (κ3) is 8.32. The number of ether oxygens (including phenoxy) is 2. The fraction of sp³-hybridized carbons (Fsp3) is 0.938. The van der Waals surface area contributed by atoms with Crippen molar-refractivity contribution in [1.29, 1.82) is 0 Å². The number of amides is 1. The number of halogens is 1. The van der Waals surface area contributed by atoms with Crippen LogP contribution in [0.15, 0.2) is 0 Å². The van der Waals surface area contributed by atoms with E-state index in [0.717, 1.165) is 57.8 Å². The number of hydrogen-bond acceptors (Lipinski definition) is 4. The number of carbonyl (C=O) groups excluding carboxylic acids is 1. The molecule has 2 heterocycles. The Morgan fingerprint density at radius 3 is 2.82 bits per heavy atom. The first-order valence-electron chi connectivity index (χ1n) is 8.51. The molecule has 2 fully saturated rings. The second-order valence-corrected chi connectivity index (χ2v) is 6.15. The van der Waals surface area contributed by atoms with Crippen molar-refractivity contribution in [3.8, 4) is 0 Å². The molecule has 0 aromatic heterocycles. The van der Waals surface area contributed by atoms with E-state index in [0.29, 0.717) is 25.7 Å². The van der Waals surface area contributed by atoms with E-state index in [9.17, 15) is 4.79 Å². The largest absolute Gasteiger partial charge is 0.379 e. The summed E-state index contributed by atoms with van der Waals surface area (Å²) in [4.78, 5) is 11.7. The third-order valence-electron chi connectivity index (χ3n) is 4.35. The van der Waals surface area contributed by atoms with Crippen LogP contribution in [0.3, 0.4) is 0 Å². The van der Waals surface area contributed by atoms with Gasteiger partial charge >= 0.3 is 0 Å². The summed E-state index contributed by atoms with van der Waals surface area (Å²) in [5.41, 5.74) is 0. The highest BCUT2D eigenvalue weighted by molar-refractivity contribution is 5.85. The standard InChI is InChI=1S/C16H30N2O3.ClH/c19-16(5-4-14-6-9-17-10-7-14)18-8-2-11-20-13-15-3-1-12-21-15;/h14-15,17H,1-13H2,(H,18,19);1H. The lowest BCUT2D eigenvalue weighted by atomic mass is 9.93.